The molecule has 0 atom stereocenters. The molecular formula is C17H11Cl2F2N3O3S. The van der Waals surface area contributed by atoms with E-state index in [4.69, 9.17) is 23.2 Å². The molecule has 0 unspecified atom stereocenters. The minimum absolute atomic E-state index is 0.130. The number of hydrogen-bond acceptors (Lipinski definition) is 4. The second-order valence-electron chi connectivity index (χ2n) is 5.66. The Morgan fingerprint density at radius 3 is 2.54 bits per heavy atom. The monoisotopic (exact) mass is 445 g/mol. The van der Waals surface area contributed by atoms with Crippen LogP contribution in [0.3, 0.4) is 0 Å². The van der Waals surface area contributed by atoms with Crippen molar-refractivity contribution in [3.05, 3.63) is 75.8 Å². The molecule has 1 N–H and O–H groups in total. The molecule has 1 heterocycles. The zero-order valence-electron chi connectivity index (χ0n) is 14.1. The number of sulfonamides is 1. The van der Waals surface area contributed by atoms with Crippen LogP contribution in [0.15, 0.2) is 47.5 Å². The number of benzene rings is 2. The maximum atomic E-state index is 13.9. The van der Waals surface area contributed by atoms with Gasteiger partial charge in [0, 0.05) is 11.2 Å². The van der Waals surface area contributed by atoms with Crippen LogP contribution in [0.25, 0.3) is 5.69 Å². The molecule has 2 aromatic carbocycles. The number of aryl methyl sites for hydroxylation is 1. The van der Waals surface area contributed by atoms with E-state index in [2.05, 4.69) is 4.98 Å². The smallest absolute Gasteiger partial charge is 0.285 e. The highest BCUT2D eigenvalue weighted by molar-refractivity contribution is 7.90. The average Bonchev–Trinajstić information content (AvgIpc) is 2.95. The number of nitrogens with zero attached hydrogens (tertiary/aromatic N) is 2. The topological polar surface area (TPSA) is 81.1 Å². The van der Waals surface area contributed by atoms with Gasteiger partial charge >= 0.3 is 0 Å². The molecule has 0 fully saturated rings. The molecule has 0 bridgehead atoms. The first-order valence-electron chi connectivity index (χ1n) is 7.62. The second kappa shape index (κ2) is 7.50. The van der Waals surface area contributed by atoms with Gasteiger partial charge in [0.25, 0.3) is 15.9 Å². The molecule has 0 aliphatic heterocycles. The van der Waals surface area contributed by atoms with Crippen molar-refractivity contribution < 1.29 is 22.0 Å². The van der Waals surface area contributed by atoms with Crippen LogP contribution in [-0.4, -0.2) is 23.9 Å². The van der Waals surface area contributed by atoms with E-state index in [1.54, 1.807) is 4.72 Å². The number of nitrogens with one attached hydrogen (secondary N) is 1. The Hall–Kier alpha value is -2.49. The van der Waals surface area contributed by atoms with E-state index >= 15 is 0 Å². The average molecular weight is 446 g/mol. The summed E-state index contributed by atoms with van der Waals surface area (Å²) in [6.45, 7) is 1.53. The Morgan fingerprint density at radius 2 is 1.89 bits per heavy atom. The maximum Gasteiger partial charge on any atom is 0.285 e. The largest absolute Gasteiger partial charge is 0.303 e. The molecule has 3 rings (SSSR count). The van der Waals surface area contributed by atoms with Gasteiger partial charge in [-0.25, -0.2) is 26.9 Å². The van der Waals surface area contributed by atoms with Gasteiger partial charge in [-0.1, -0.05) is 29.3 Å². The number of hydrogen-bond donors (Lipinski definition) is 1. The van der Waals surface area contributed by atoms with Gasteiger partial charge in [-0.3, -0.25) is 4.79 Å². The van der Waals surface area contributed by atoms with Crippen LogP contribution in [0.1, 0.15) is 16.3 Å². The lowest BCUT2D eigenvalue weighted by Gasteiger charge is -2.08. The summed E-state index contributed by atoms with van der Waals surface area (Å²) < 4.78 is 55.2. The van der Waals surface area contributed by atoms with Crippen LogP contribution in [0.4, 0.5) is 8.78 Å². The van der Waals surface area contributed by atoms with Crippen molar-refractivity contribution >= 4 is 39.1 Å². The van der Waals surface area contributed by atoms with Crippen molar-refractivity contribution in [3.8, 4) is 5.69 Å². The quantitative estimate of drug-likeness (QED) is 0.660. The standard InChI is InChI=1S/C17H11Cl2F2N3O3S/c1-9-22-15(8-24(9)12-6-10(18)5-11(20)7-12)17(25)23-28(26,27)16-13(19)3-2-4-14(16)21/h2-8H,1H3,(H,23,25). The summed E-state index contributed by atoms with van der Waals surface area (Å²) >= 11 is 11.6. The summed E-state index contributed by atoms with van der Waals surface area (Å²) in [6.07, 6.45) is 1.20. The van der Waals surface area contributed by atoms with Gasteiger partial charge in [-0.2, -0.15) is 0 Å². The fourth-order valence-electron chi connectivity index (χ4n) is 2.49. The molecular weight excluding hydrogens is 435 g/mol. The van der Waals surface area contributed by atoms with Crippen LogP contribution < -0.4 is 4.72 Å². The van der Waals surface area contributed by atoms with Crippen LogP contribution in [0.5, 0.6) is 0 Å². The second-order valence-corrected chi connectivity index (χ2v) is 8.12. The van der Waals surface area contributed by atoms with Crippen molar-refractivity contribution in [2.45, 2.75) is 11.8 Å². The molecule has 0 aliphatic carbocycles. The van der Waals surface area contributed by atoms with Gasteiger partial charge in [0.1, 0.15) is 28.0 Å². The van der Waals surface area contributed by atoms with Crippen LogP contribution in [0.2, 0.25) is 10.0 Å². The first kappa shape index (κ1) is 20.2. The Bertz CT molecular complexity index is 1160. The number of imidazole rings is 1. The Balaban J connectivity index is 1.94. The highest BCUT2D eigenvalue weighted by atomic mass is 35.5. The lowest BCUT2D eigenvalue weighted by molar-refractivity contribution is 0.0977. The predicted octanol–water partition coefficient (Wildman–Crippen LogP) is 3.88. The number of aromatic nitrogens is 2. The zero-order chi connectivity index (χ0) is 20.6. The fraction of sp³-hybridized carbons (Fsp3) is 0.0588. The molecule has 28 heavy (non-hydrogen) atoms. The lowest BCUT2D eigenvalue weighted by Crippen LogP contribution is -2.31. The normalized spacial score (nSPS) is 11.5. The Kier molecular flexibility index (Phi) is 5.42. The van der Waals surface area contributed by atoms with Gasteiger partial charge in [-0.15, -0.1) is 0 Å². The Labute approximate surface area is 168 Å². The van der Waals surface area contributed by atoms with Crippen molar-refractivity contribution in [3.63, 3.8) is 0 Å². The van der Waals surface area contributed by atoms with E-state index in [9.17, 15) is 22.0 Å². The number of carbonyl (C=O) groups excluding carboxylic acids is 1. The third kappa shape index (κ3) is 4.01. The van der Waals surface area contributed by atoms with Gasteiger partial charge in [0.2, 0.25) is 0 Å². The van der Waals surface area contributed by atoms with E-state index in [-0.39, 0.29) is 27.3 Å². The van der Waals surface area contributed by atoms with Gasteiger partial charge in [0.15, 0.2) is 0 Å². The molecule has 0 saturated carbocycles. The van der Waals surface area contributed by atoms with Crippen molar-refractivity contribution in [2.75, 3.05) is 0 Å². The maximum absolute atomic E-state index is 13.9. The lowest BCUT2D eigenvalue weighted by atomic mass is 10.3. The number of halogens is 4. The summed E-state index contributed by atoms with van der Waals surface area (Å²) in [5, 5.41) is -0.248. The molecule has 0 spiro atoms. The zero-order valence-corrected chi connectivity index (χ0v) is 16.4. The SMILES string of the molecule is Cc1nc(C(=O)NS(=O)(=O)c2c(F)cccc2Cl)cn1-c1cc(F)cc(Cl)c1. The van der Waals surface area contributed by atoms with Crippen molar-refractivity contribution in [1.82, 2.24) is 14.3 Å². The first-order valence-corrected chi connectivity index (χ1v) is 9.86. The highest BCUT2D eigenvalue weighted by Gasteiger charge is 2.26. The number of rotatable bonds is 4. The van der Waals surface area contributed by atoms with E-state index in [1.165, 1.54) is 35.9 Å². The van der Waals surface area contributed by atoms with Crippen LogP contribution >= 0.6 is 23.2 Å². The number of amides is 1. The van der Waals surface area contributed by atoms with Crippen molar-refractivity contribution in [1.29, 1.82) is 0 Å². The third-order valence-corrected chi connectivity index (χ3v) is 5.71. The molecule has 1 amide bonds. The first-order chi connectivity index (χ1) is 13.1. The molecule has 0 radical (unpaired) electrons. The minimum atomic E-state index is -4.59. The molecule has 146 valence electrons. The summed E-state index contributed by atoms with van der Waals surface area (Å²) in [7, 11) is -4.59. The summed E-state index contributed by atoms with van der Waals surface area (Å²) in [5.74, 6) is -2.54. The summed E-state index contributed by atoms with van der Waals surface area (Å²) in [6, 6.07) is 7.02. The summed E-state index contributed by atoms with van der Waals surface area (Å²) in [4.78, 5) is 15.5. The van der Waals surface area contributed by atoms with E-state index in [1.807, 2.05) is 0 Å². The molecule has 3 aromatic rings. The van der Waals surface area contributed by atoms with Gasteiger partial charge in [-0.05, 0) is 37.3 Å². The molecule has 0 aliphatic rings. The van der Waals surface area contributed by atoms with Gasteiger partial charge < -0.3 is 4.57 Å². The van der Waals surface area contributed by atoms with Crippen molar-refractivity contribution in [2.24, 2.45) is 0 Å². The van der Waals surface area contributed by atoms with Crippen LogP contribution in [0, 0.1) is 18.6 Å². The van der Waals surface area contributed by atoms with E-state index in [0.29, 0.717) is 0 Å². The minimum Gasteiger partial charge on any atom is -0.303 e. The number of carbonyl (C=O) groups is 1. The molecule has 6 nitrogen and oxygen atoms in total. The van der Waals surface area contributed by atoms with Crippen LogP contribution in [-0.2, 0) is 10.0 Å². The molecule has 1 aromatic heterocycles. The van der Waals surface area contributed by atoms with Gasteiger partial charge in [0.05, 0.1) is 10.7 Å². The fourth-order valence-corrected chi connectivity index (χ4v) is 4.27. The molecule has 0 saturated heterocycles. The highest BCUT2D eigenvalue weighted by Crippen LogP contribution is 2.24. The van der Waals surface area contributed by atoms with E-state index in [0.717, 1.165) is 18.2 Å². The molecule has 11 heteroatoms. The third-order valence-electron chi connectivity index (χ3n) is 3.66. The van der Waals surface area contributed by atoms with E-state index < -0.39 is 32.5 Å². The predicted molar refractivity (Wildman–Crippen MR) is 99.3 cm³/mol. The Morgan fingerprint density at radius 1 is 1.18 bits per heavy atom. The summed E-state index contributed by atoms with van der Waals surface area (Å²) in [5.41, 5.74) is 0.00276.